The molecule has 0 fully saturated rings. The van der Waals surface area contributed by atoms with Gasteiger partial charge in [0, 0.05) is 35.4 Å². The van der Waals surface area contributed by atoms with Crippen LogP contribution in [-0.2, 0) is 6.42 Å². The molecule has 1 unspecified atom stereocenters. The molecule has 0 aliphatic carbocycles. The maximum absolute atomic E-state index is 4.24. The summed E-state index contributed by atoms with van der Waals surface area (Å²) in [6, 6.07) is 4.58. The Hall–Kier alpha value is -1.26. The summed E-state index contributed by atoms with van der Waals surface area (Å²) in [4.78, 5) is 9.68. The summed E-state index contributed by atoms with van der Waals surface area (Å²) >= 11 is 1.71. The van der Waals surface area contributed by atoms with Crippen LogP contribution in [0.4, 0.5) is 0 Å². The molecule has 17 heavy (non-hydrogen) atoms. The van der Waals surface area contributed by atoms with E-state index in [4.69, 9.17) is 0 Å². The van der Waals surface area contributed by atoms with Crippen molar-refractivity contribution in [2.75, 3.05) is 6.54 Å². The zero-order valence-corrected chi connectivity index (χ0v) is 11.0. The van der Waals surface area contributed by atoms with Crippen LogP contribution in [0.3, 0.4) is 0 Å². The van der Waals surface area contributed by atoms with Gasteiger partial charge >= 0.3 is 0 Å². The SMILES string of the molecule is CCNC(Cc1cncs1)c1ccnc(C)c1. The van der Waals surface area contributed by atoms with Crippen molar-refractivity contribution in [2.24, 2.45) is 0 Å². The molecule has 2 aromatic rings. The number of hydrogen-bond acceptors (Lipinski definition) is 4. The average molecular weight is 247 g/mol. The summed E-state index contributed by atoms with van der Waals surface area (Å²) in [6.07, 6.45) is 4.81. The summed E-state index contributed by atoms with van der Waals surface area (Å²) in [6.45, 7) is 5.12. The maximum atomic E-state index is 4.24. The molecule has 0 saturated carbocycles. The van der Waals surface area contributed by atoms with Crippen LogP contribution in [0.2, 0.25) is 0 Å². The van der Waals surface area contributed by atoms with Gasteiger partial charge in [0.1, 0.15) is 0 Å². The minimum absolute atomic E-state index is 0.349. The van der Waals surface area contributed by atoms with Gasteiger partial charge in [-0.25, -0.2) is 0 Å². The maximum Gasteiger partial charge on any atom is 0.0794 e. The standard InChI is InChI=1S/C13H17N3S/c1-3-15-13(7-12-8-14-9-17-12)11-4-5-16-10(2)6-11/h4-6,8-9,13,15H,3,7H2,1-2H3. The number of aromatic nitrogens is 2. The number of aryl methyl sites for hydroxylation is 1. The zero-order valence-electron chi connectivity index (χ0n) is 10.2. The summed E-state index contributed by atoms with van der Waals surface area (Å²) in [5.74, 6) is 0. The van der Waals surface area contributed by atoms with Gasteiger partial charge in [-0.05, 0) is 31.2 Å². The molecule has 0 aliphatic heterocycles. The summed E-state index contributed by atoms with van der Waals surface area (Å²) < 4.78 is 0. The number of hydrogen-bond donors (Lipinski definition) is 1. The molecule has 4 heteroatoms. The molecule has 0 spiro atoms. The van der Waals surface area contributed by atoms with E-state index in [2.05, 4.69) is 34.3 Å². The van der Waals surface area contributed by atoms with Crippen LogP contribution in [0.25, 0.3) is 0 Å². The number of thiazole rings is 1. The Bertz CT molecular complexity index is 453. The molecule has 0 bridgehead atoms. The lowest BCUT2D eigenvalue weighted by molar-refractivity contribution is 0.552. The lowest BCUT2D eigenvalue weighted by Gasteiger charge is -2.17. The molecule has 90 valence electrons. The van der Waals surface area contributed by atoms with E-state index in [1.165, 1.54) is 10.4 Å². The van der Waals surface area contributed by atoms with Crippen molar-refractivity contribution in [2.45, 2.75) is 26.3 Å². The molecule has 3 nitrogen and oxygen atoms in total. The normalized spacial score (nSPS) is 12.6. The Morgan fingerprint density at radius 3 is 3.00 bits per heavy atom. The van der Waals surface area contributed by atoms with Crippen LogP contribution in [0.15, 0.2) is 30.0 Å². The Kier molecular flexibility index (Phi) is 4.23. The fourth-order valence-corrected chi connectivity index (χ4v) is 2.52. The first-order valence-corrected chi connectivity index (χ1v) is 6.71. The van der Waals surface area contributed by atoms with Gasteiger partial charge in [0.25, 0.3) is 0 Å². The Balaban J connectivity index is 2.16. The number of nitrogens with zero attached hydrogens (tertiary/aromatic N) is 2. The number of likely N-dealkylation sites (N-methyl/N-ethyl adjacent to an activating group) is 1. The number of nitrogens with one attached hydrogen (secondary N) is 1. The molecule has 0 saturated heterocycles. The van der Waals surface area contributed by atoms with E-state index in [1.807, 2.05) is 24.8 Å². The third kappa shape index (κ3) is 3.35. The summed E-state index contributed by atoms with van der Waals surface area (Å²) in [5, 5.41) is 3.52. The first-order valence-electron chi connectivity index (χ1n) is 5.83. The van der Waals surface area contributed by atoms with Crippen LogP contribution in [-0.4, -0.2) is 16.5 Å². The molecule has 0 amide bonds. The van der Waals surface area contributed by atoms with Gasteiger partial charge in [-0.3, -0.25) is 9.97 Å². The van der Waals surface area contributed by atoms with Crippen molar-refractivity contribution in [3.8, 4) is 0 Å². The van der Waals surface area contributed by atoms with Gasteiger partial charge in [-0.1, -0.05) is 6.92 Å². The average Bonchev–Trinajstić information content (AvgIpc) is 2.81. The van der Waals surface area contributed by atoms with Gasteiger partial charge in [0.05, 0.1) is 5.51 Å². The highest BCUT2D eigenvalue weighted by Crippen LogP contribution is 2.20. The van der Waals surface area contributed by atoms with Gasteiger partial charge in [-0.2, -0.15) is 0 Å². The van der Waals surface area contributed by atoms with E-state index in [-0.39, 0.29) is 0 Å². The first kappa shape index (κ1) is 12.2. The molecule has 1 N–H and O–H groups in total. The van der Waals surface area contributed by atoms with Crippen molar-refractivity contribution in [1.82, 2.24) is 15.3 Å². The lowest BCUT2D eigenvalue weighted by Crippen LogP contribution is -2.22. The highest BCUT2D eigenvalue weighted by molar-refractivity contribution is 7.09. The quantitative estimate of drug-likeness (QED) is 0.883. The monoisotopic (exact) mass is 247 g/mol. The van der Waals surface area contributed by atoms with Crippen LogP contribution in [0, 0.1) is 6.92 Å². The Labute approximate surface area is 106 Å². The fourth-order valence-electron chi connectivity index (χ4n) is 1.88. The highest BCUT2D eigenvalue weighted by Gasteiger charge is 2.12. The molecule has 0 aliphatic rings. The van der Waals surface area contributed by atoms with Gasteiger partial charge in [0.15, 0.2) is 0 Å². The zero-order chi connectivity index (χ0) is 12.1. The fraction of sp³-hybridized carbons (Fsp3) is 0.385. The second kappa shape index (κ2) is 5.89. The first-order chi connectivity index (χ1) is 8.29. The minimum Gasteiger partial charge on any atom is -0.310 e. The van der Waals surface area contributed by atoms with Gasteiger partial charge in [-0.15, -0.1) is 11.3 Å². The predicted octanol–water partition coefficient (Wildman–Crippen LogP) is 2.74. The third-order valence-electron chi connectivity index (χ3n) is 2.66. The van der Waals surface area contributed by atoms with Crippen molar-refractivity contribution in [3.05, 3.63) is 46.2 Å². The Morgan fingerprint density at radius 1 is 1.47 bits per heavy atom. The largest absolute Gasteiger partial charge is 0.310 e. The lowest BCUT2D eigenvalue weighted by atomic mass is 10.0. The van der Waals surface area contributed by atoms with E-state index < -0.39 is 0 Å². The van der Waals surface area contributed by atoms with Crippen LogP contribution < -0.4 is 5.32 Å². The summed E-state index contributed by atoms with van der Waals surface area (Å²) in [5.41, 5.74) is 4.25. The third-order valence-corrected chi connectivity index (χ3v) is 3.46. The highest BCUT2D eigenvalue weighted by atomic mass is 32.1. The molecular formula is C13H17N3S. The van der Waals surface area contributed by atoms with Crippen LogP contribution in [0.5, 0.6) is 0 Å². The van der Waals surface area contributed by atoms with Crippen molar-refractivity contribution >= 4 is 11.3 Å². The van der Waals surface area contributed by atoms with E-state index >= 15 is 0 Å². The van der Waals surface area contributed by atoms with Crippen LogP contribution >= 0.6 is 11.3 Å². The topological polar surface area (TPSA) is 37.8 Å². The molecule has 2 heterocycles. The minimum atomic E-state index is 0.349. The number of rotatable bonds is 5. The van der Waals surface area contributed by atoms with E-state index in [0.717, 1.165) is 18.7 Å². The van der Waals surface area contributed by atoms with Crippen LogP contribution in [0.1, 0.15) is 29.1 Å². The summed E-state index contributed by atoms with van der Waals surface area (Å²) in [7, 11) is 0. The van der Waals surface area contributed by atoms with E-state index in [0.29, 0.717) is 6.04 Å². The number of pyridine rings is 1. The van der Waals surface area contributed by atoms with E-state index in [1.54, 1.807) is 11.3 Å². The Morgan fingerprint density at radius 2 is 2.35 bits per heavy atom. The molecule has 2 aromatic heterocycles. The van der Waals surface area contributed by atoms with Crippen molar-refractivity contribution in [3.63, 3.8) is 0 Å². The molecule has 0 aromatic carbocycles. The second-order valence-electron chi connectivity index (χ2n) is 4.01. The van der Waals surface area contributed by atoms with E-state index in [9.17, 15) is 0 Å². The van der Waals surface area contributed by atoms with Gasteiger partial charge < -0.3 is 5.32 Å². The van der Waals surface area contributed by atoms with Crippen molar-refractivity contribution < 1.29 is 0 Å². The second-order valence-corrected chi connectivity index (χ2v) is 4.98. The predicted molar refractivity (Wildman–Crippen MR) is 71.2 cm³/mol. The molecule has 2 rings (SSSR count). The van der Waals surface area contributed by atoms with Crippen molar-refractivity contribution in [1.29, 1.82) is 0 Å². The molecule has 0 radical (unpaired) electrons. The smallest absolute Gasteiger partial charge is 0.0794 e. The molecular weight excluding hydrogens is 230 g/mol. The molecule has 1 atom stereocenters. The van der Waals surface area contributed by atoms with Gasteiger partial charge in [0.2, 0.25) is 0 Å².